The van der Waals surface area contributed by atoms with Crippen LogP contribution in [0, 0.1) is 0 Å². The van der Waals surface area contributed by atoms with Crippen molar-refractivity contribution in [3.8, 4) is 12.0 Å². The Morgan fingerprint density at radius 1 is 1.30 bits per heavy atom. The standard InChI is InChI=1S/C11H16ClN7O/c1-11(2,18(3)4)5-20-10-16-8(12)15-9(17-10)19-7-13-6-14-19/h6-7H,5H2,1-4H3. The van der Waals surface area contributed by atoms with Crippen molar-refractivity contribution in [2.75, 3.05) is 20.7 Å². The predicted octanol–water partition coefficient (Wildman–Crippen LogP) is 0.825. The molecule has 2 aromatic rings. The molecule has 0 aliphatic carbocycles. The zero-order chi connectivity index (χ0) is 14.8. The number of hydrogen-bond donors (Lipinski definition) is 0. The zero-order valence-corrected chi connectivity index (χ0v) is 12.5. The number of halogens is 1. The van der Waals surface area contributed by atoms with E-state index < -0.39 is 0 Å². The van der Waals surface area contributed by atoms with Gasteiger partial charge in [-0.25, -0.2) is 4.98 Å². The van der Waals surface area contributed by atoms with Gasteiger partial charge in [0, 0.05) is 5.54 Å². The van der Waals surface area contributed by atoms with Crippen LogP contribution in [0.15, 0.2) is 12.7 Å². The summed E-state index contributed by atoms with van der Waals surface area (Å²) in [4.78, 5) is 17.9. The zero-order valence-electron chi connectivity index (χ0n) is 11.8. The van der Waals surface area contributed by atoms with Crippen LogP contribution in [0.4, 0.5) is 0 Å². The highest BCUT2D eigenvalue weighted by Gasteiger charge is 2.22. The Bertz CT molecular complexity index is 570. The SMILES string of the molecule is CN(C)C(C)(C)COc1nc(Cl)nc(-n2cncn2)n1. The van der Waals surface area contributed by atoms with Crippen LogP contribution in [0.5, 0.6) is 6.01 Å². The smallest absolute Gasteiger partial charge is 0.322 e. The van der Waals surface area contributed by atoms with E-state index in [-0.39, 0.29) is 22.8 Å². The quantitative estimate of drug-likeness (QED) is 0.808. The largest absolute Gasteiger partial charge is 0.461 e. The molecule has 0 spiro atoms. The van der Waals surface area contributed by atoms with Crippen molar-refractivity contribution >= 4 is 11.6 Å². The topological polar surface area (TPSA) is 81.9 Å². The van der Waals surface area contributed by atoms with Crippen LogP contribution in [-0.4, -0.2) is 60.9 Å². The summed E-state index contributed by atoms with van der Waals surface area (Å²) in [5.41, 5.74) is -0.160. The van der Waals surface area contributed by atoms with E-state index in [1.54, 1.807) is 0 Å². The monoisotopic (exact) mass is 297 g/mol. The molecule has 0 unspecified atom stereocenters. The fourth-order valence-corrected chi connectivity index (χ4v) is 1.32. The first-order chi connectivity index (χ1) is 9.38. The van der Waals surface area contributed by atoms with Gasteiger partial charge in [-0.05, 0) is 39.5 Å². The summed E-state index contributed by atoms with van der Waals surface area (Å²) in [7, 11) is 3.95. The molecule has 0 aliphatic rings. The summed E-state index contributed by atoms with van der Waals surface area (Å²) in [6, 6.07) is 0.158. The van der Waals surface area contributed by atoms with E-state index in [4.69, 9.17) is 16.3 Å². The molecule has 0 saturated carbocycles. The van der Waals surface area contributed by atoms with Gasteiger partial charge >= 0.3 is 6.01 Å². The molecule has 0 saturated heterocycles. The molecule has 20 heavy (non-hydrogen) atoms. The third kappa shape index (κ3) is 3.40. The van der Waals surface area contributed by atoms with Gasteiger partial charge in [0.15, 0.2) is 0 Å². The van der Waals surface area contributed by atoms with Gasteiger partial charge in [-0.2, -0.15) is 24.7 Å². The minimum atomic E-state index is -0.160. The van der Waals surface area contributed by atoms with Crippen LogP contribution in [0.25, 0.3) is 5.95 Å². The van der Waals surface area contributed by atoms with Crippen LogP contribution < -0.4 is 4.74 Å². The fourth-order valence-electron chi connectivity index (χ4n) is 1.17. The Morgan fingerprint density at radius 3 is 2.65 bits per heavy atom. The molecular formula is C11H16ClN7O. The van der Waals surface area contributed by atoms with Crippen molar-refractivity contribution in [2.24, 2.45) is 0 Å². The number of ether oxygens (including phenoxy) is 1. The maximum absolute atomic E-state index is 5.87. The second-order valence-electron chi connectivity index (χ2n) is 5.02. The summed E-state index contributed by atoms with van der Waals surface area (Å²) in [5.74, 6) is 0.264. The lowest BCUT2D eigenvalue weighted by Crippen LogP contribution is -2.43. The molecule has 0 N–H and O–H groups in total. The summed E-state index contributed by atoms with van der Waals surface area (Å²) < 4.78 is 6.99. The maximum atomic E-state index is 5.87. The van der Waals surface area contributed by atoms with E-state index in [9.17, 15) is 0 Å². The highest BCUT2D eigenvalue weighted by Crippen LogP contribution is 2.14. The molecule has 0 radical (unpaired) electrons. The Kier molecular flexibility index (Phi) is 4.15. The van der Waals surface area contributed by atoms with E-state index in [2.05, 4.69) is 25.0 Å². The first-order valence-corrected chi connectivity index (χ1v) is 6.33. The highest BCUT2D eigenvalue weighted by atomic mass is 35.5. The second-order valence-corrected chi connectivity index (χ2v) is 5.36. The van der Waals surface area contributed by atoms with Crippen LogP contribution >= 0.6 is 11.6 Å². The third-order valence-corrected chi connectivity index (χ3v) is 3.13. The summed E-state index contributed by atoms with van der Waals surface area (Å²) in [6.45, 7) is 4.51. The number of nitrogens with zero attached hydrogens (tertiary/aromatic N) is 7. The molecule has 0 atom stereocenters. The first-order valence-electron chi connectivity index (χ1n) is 5.95. The van der Waals surface area contributed by atoms with Gasteiger partial charge in [0.2, 0.25) is 5.28 Å². The Hall–Kier alpha value is -1.80. The van der Waals surface area contributed by atoms with Crippen molar-refractivity contribution in [3.05, 3.63) is 17.9 Å². The minimum Gasteiger partial charge on any atom is -0.461 e. The van der Waals surface area contributed by atoms with E-state index in [1.807, 2.05) is 32.8 Å². The lowest BCUT2D eigenvalue weighted by atomic mass is 10.1. The number of likely N-dealkylation sites (N-methyl/N-ethyl adjacent to an activating group) is 1. The predicted molar refractivity (Wildman–Crippen MR) is 73.0 cm³/mol. The van der Waals surface area contributed by atoms with Crippen molar-refractivity contribution in [2.45, 2.75) is 19.4 Å². The molecule has 9 heteroatoms. The van der Waals surface area contributed by atoms with Gasteiger partial charge in [0.1, 0.15) is 19.3 Å². The number of rotatable bonds is 5. The van der Waals surface area contributed by atoms with E-state index in [0.29, 0.717) is 6.61 Å². The van der Waals surface area contributed by atoms with Crippen molar-refractivity contribution < 1.29 is 4.74 Å². The first kappa shape index (κ1) is 14.6. The van der Waals surface area contributed by atoms with Crippen molar-refractivity contribution in [1.29, 1.82) is 0 Å². The molecular weight excluding hydrogens is 282 g/mol. The van der Waals surface area contributed by atoms with Gasteiger partial charge in [-0.3, -0.25) is 0 Å². The molecule has 0 fully saturated rings. The van der Waals surface area contributed by atoms with Crippen molar-refractivity contribution in [3.63, 3.8) is 0 Å². The van der Waals surface area contributed by atoms with Crippen LogP contribution in [0.2, 0.25) is 5.28 Å². The summed E-state index contributed by atoms with van der Waals surface area (Å²) in [6.07, 6.45) is 2.85. The van der Waals surface area contributed by atoms with Gasteiger partial charge in [0.05, 0.1) is 0 Å². The minimum absolute atomic E-state index is 0.0446. The Labute approximate surface area is 121 Å². The molecule has 108 valence electrons. The third-order valence-electron chi connectivity index (χ3n) is 2.96. The van der Waals surface area contributed by atoms with Gasteiger partial charge in [-0.1, -0.05) is 0 Å². The number of aromatic nitrogens is 6. The molecule has 0 amide bonds. The maximum Gasteiger partial charge on any atom is 0.322 e. The van der Waals surface area contributed by atoms with Crippen LogP contribution in [-0.2, 0) is 0 Å². The average Bonchev–Trinajstić information content (AvgIpc) is 2.89. The molecule has 0 bridgehead atoms. The average molecular weight is 298 g/mol. The van der Waals surface area contributed by atoms with E-state index in [1.165, 1.54) is 17.3 Å². The fraction of sp³-hybridized carbons (Fsp3) is 0.545. The van der Waals surface area contributed by atoms with Crippen molar-refractivity contribution in [1.82, 2.24) is 34.6 Å². The van der Waals surface area contributed by atoms with Crippen LogP contribution in [0.1, 0.15) is 13.8 Å². The lowest BCUT2D eigenvalue weighted by Gasteiger charge is -2.31. The van der Waals surface area contributed by atoms with E-state index in [0.717, 1.165) is 0 Å². The summed E-state index contributed by atoms with van der Waals surface area (Å²) in [5, 5.41) is 3.98. The molecule has 2 aromatic heterocycles. The lowest BCUT2D eigenvalue weighted by molar-refractivity contribution is 0.107. The second kappa shape index (κ2) is 5.68. The Morgan fingerprint density at radius 2 is 2.05 bits per heavy atom. The van der Waals surface area contributed by atoms with Crippen LogP contribution in [0.3, 0.4) is 0 Å². The van der Waals surface area contributed by atoms with Gasteiger partial charge in [-0.15, -0.1) is 0 Å². The molecule has 2 rings (SSSR count). The number of hydrogen-bond acceptors (Lipinski definition) is 7. The molecule has 0 aliphatic heterocycles. The van der Waals surface area contributed by atoms with E-state index >= 15 is 0 Å². The molecule has 8 nitrogen and oxygen atoms in total. The normalized spacial score (nSPS) is 11.9. The molecule has 2 heterocycles. The van der Waals surface area contributed by atoms with Gasteiger partial charge < -0.3 is 9.64 Å². The highest BCUT2D eigenvalue weighted by molar-refractivity contribution is 6.28. The van der Waals surface area contributed by atoms with Gasteiger partial charge in [0.25, 0.3) is 5.95 Å². The summed E-state index contributed by atoms with van der Waals surface area (Å²) >= 11 is 5.87. The Balaban J connectivity index is 2.17. The molecule has 0 aromatic carbocycles.